The van der Waals surface area contributed by atoms with Crippen molar-refractivity contribution in [3.8, 4) is 11.5 Å². The number of fused-ring (bicyclic) bond motifs is 1. The van der Waals surface area contributed by atoms with Crippen LogP contribution >= 0.6 is 0 Å². The standard InChI is InChI=1S/C25H32NO2/c1-18-10-8-9-13-23(18)26-16-19-14-21(27-4)15-22(24(19)28-17-26)25(2,3)20-11-6-5-7-12-20/h5-7,11-12,14-16,18,23H,8-10,13,17H2,1-4H3/q+1. The third-order valence-electron chi connectivity index (χ3n) is 6.65. The molecule has 2 aromatic rings. The highest BCUT2D eigenvalue weighted by Gasteiger charge is 2.36. The molecular weight excluding hydrogens is 346 g/mol. The van der Waals surface area contributed by atoms with Gasteiger partial charge in [-0.15, -0.1) is 0 Å². The second-order valence-corrected chi connectivity index (χ2v) is 8.83. The molecule has 2 aromatic carbocycles. The zero-order valence-electron chi connectivity index (χ0n) is 17.6. The molecule has 3 heteroatoms. The van der Waals surface area contributed by atoms with Gasteiger partial charge in [-0.2, -0.15) is 4.58 Å². The molecule has 2 unspecified atom stereocenters. The van der Waals surface area contributed by atoms with Gasteiger partial charge in [0.2, 0.25) is 0 Å². The van der Waals surface area contributed by atoms with Crippen LogP contribution in [0.1, 0.15) is 63.1 Å². The average molecular weight is 379 g/mol. The Morgan fingerprint density at radius 3 is 2.54 bits per heavy atom. The molecule has 0 bridgehead atoms. The van der Waals surface area contributed by atoms with Crippen LogP contribution in [0.25, 0.3) is 0 Å². The maximum absolute atomic E-state index is 6.42. The van der Waals surface area contributed by atoms with E-state index >= 15 is 0 Å². The fourth-order valence-corrected chi connectivity index (χ4v) is 4.81. The lowest BCUT2D eigenvalue weighted by atomic mass is 9.77. The fraction of sp³-hybridized carbons (Fsp3) is 0.480. The number of hydrogen-bond acceptors (Lipinski definition) is 2. The molecule has 1 aliphatic carbocycles. The van der Waals surface area contributed by atoms with Crippen LogP contribution < -0.4 is 9.47 Å². The number of ether oxygens (including phenoxy) is 2. The summed E-state index contributed by atoms with van der Waals surface area (Å²) in [5, 5.41) is 0. The van der Waals surface area contributed by atoms with E-state index in [1.54, 1.807) is 7.11 Å². The van der Waals surface area contributed by atoms with Gasteiger partial charge in [-0.25, -0.2) is 0 Å². The van der Waals surface area contributed by atoms with E-state index in [1.807, 2.05) is 0 Å². The number of hydrogen-bond donors (Lipinski definition) is 0. The van der Waals surface area contributed by atoms with Crippen LogP contribution in [0.5, 0.6) is 11.5 Å². The van der Waals surface area contributed by atoms with Gasteiger partial charge < -0.3 is 9.47 Å². The van der Waals surface area contributed by atoms with Gasteiger partial charge in [0.1, 0.15) is 11.5 Å². The minimum absolute atomic E-state index is 0.173. The zero-order valence-corrected chi connectivity index (χ0v) is 17.6. The van der Waals surface area contributed by atoms with Crippen molar-refractivity contribution in [2.75, 3.05) is 13.8 Å². The van der Waals surface area contributed by atoms with Crippen molar-refractivity contribution in [3.05, 3.63) is 59.2 Å². The van der Waals surface area contributed by atoms with E-state index in [2.05, 4.69) is 74.0 Å². The summed E-state index contributed by atoms with van der Waals surface area (Å²) in [6.07, 6.45) is 7.54. The molecule has 1 saturated carbocycles. The molecule has 2 atom stereocenters. The lowest BCUT2D eigenvalue weighted by molar-refractivity contribution is -0.601. The Labute approximate surface area is 169 Å². The summed E-state index contributed by atoms with van der Waals surface area (Å²) >= 11 is 0. The number of methoxy groups -OCH3 is 1. The predicted molar refractivity (Wildman–Crippen MR) is 114 cm³/mol. The lowest BCUT2D eigenvalue weighted by Gasteiger charge is -2.32. The van der Waals surface area contributed by atoms with Gasteiger partial charge in [-0.1, -0.05) is 57.5 Å². The first-order valence-corrected chi connectivity index (χ1v) is 10.5. The molecule has 0 aromatic heterocycles. The molecule has 0 radical (unpaired) electrons. The molecule has 0 saturated heterocycles. The maximum atomic E-state index is 6.42. The Morgan fingerprint density at radius 2 is 1.82 bits per heavy atom. The van der Waals surface area contributed by atoms with E-state index < -0.39 is 0 Å². The topological polar surface area (TPSA) is 21.5 Å². The van der Waals surface area contributed by atoms with Crippen molar-refractivity contribution in [1.29, 1.82) is 0 Å². The molecule has 1 fully saturated rings. The Hall–Kier alpha value is -2.29. The second-order valence-electron chi connectivity index (χ2n) is 8.83. The van der Waals surface area contributed by atoms with E-state index in [4.69, 9.17) is 9.47 Å². The van der Waals surface area contributed by atoms with Crippen LogP contribution in [0.15, 0.2) is 42.5 Å². The molecule has 0 N–H and O–H groups in total. The maximum Gasteiger partial charge on any atom is 0.287 e. The molecule has 1 heterocycles. The van der Waals surface area contributed by atoms with Crippen molar-refractivity contribution < 1.29 is 14.0 Å². The van der Waals surface area contributed by atoms with Crippen molar-refractivity contribution in [1.82, 2.24) is 0 Å². The molecule has 0 spiro atoms. The first-order valence-electron chi connectivity index (χ1n) is 10.5. The fourth-order valence-electron chi connectivity index (χ4n) is 4.81. The van der Waals surface area contributed by atoms with Crippen LogP contribution in [0, 0.1) is 5.92 Å². The number of nitrogens with zero attached hydrogens (tertiary/aromatic N) is 1. The van der Waals surface area contributed by atoms with Gasteiger partial charge in [0, 0.05) is 23.3 Å². The van der Waals surface area contributed by atoms with Crippen molar-refractivity contribution in [2.24, 2.45) is 5.92 Å². The van der Waals surface area contributed by atoms with Crippen LogP contribution in [0.4, 0.5) is 0 Å². The number of rotatable bonds is 4. The molecule has 0 amide bonds. The van der Waals surface area contributed by atoms with Gasteiger partial charge in [-0.05, 0) is 30.5 Å². The molecule has 148 valence electrons. The third kappa shape index (κ3) is 3.43. The van der Waals surface area contributed by atoms with Crippen LogP contribution in [0.3, 0.4) is 0 Å². The van der Waals surface area contributed by atoms with E-state index in [1.165, 1.54) is 36.8 Å². The van der Waals surface area contributed by atoms with E-state index in [0.29, 0.717) is 18.7 Å². The molecule has 2 aliphatic rings. The van der Waals surface area contributed by atoms with Crippen molar-refractivity contribution in [2.45, 2.75) is 57.9 Å². The van der Waals surface area contributed by atoms with Gasteiger partial charge in [0.25, 0.3) is 6.73 Å². The summed E-state index contributed by atoms with van der Waals surface area (Å²) < 4.78 is 14.5. The normalized spacial score (nSPS) is 22.1. The minimum Gasteiger partial charge on any atom is -0.497 e. The highest BCUT2D eigenvalue weighted by molar-refractivity contribution is 5.83. The Balaban J connectivity index is 1.79. The molecule has 4 rings (SSSR count). The monoisotopic (exact) mass is 378 g/mol. The Morgan fingerprint density at radius 1 is 1.07 bits per heavy atom. The van der Waals surface area contributed by atoms with Crippen LogP contribution in [0.2, 0.25) is 0 Å². The van der Waals surface area contributed by atoms with E-state index in [9.17, 15) is 0 Å². The largest absolute Gasteiger partial charge is 0.497 e. The van der Waals surface area contributed by atoms with Crippen molar-refractivity contribution in [3.63, 3.8) is 0 Å². The molecule has 28 heavy (non-hydrogen) atoms. The Kier molecular flexibility index (Phi) is 5.18. The van der Waals surface area contributed by atoms with Gasteiger partial charge in [-0.3, -0.25) is 0 Å². The van der Waals surface area contributed by atoms with E-state index in [0.717, 1.165) is 17.1 Å². The molecule has 1 aliphatic heterocycles. The summed E-state index contributed by atoms with van der Waals surface area (Å²) in [5.74, 6) is 2.59. The minimum atomic E-state index is -0.173. The predicted octanol–water partition coefficient (Wildman–Crippen LogP) is 5.38. The average Bonchev–Trinajstić information content (AvgIpc) is 2.73. The molecular formula is C25H32NO2+. The van der Waals surface area contributed by atoms with Crippen LogP contribution in [-0.2, 0) is 5.41 Å². The third-order valence-corrected chi connectivity index (χ3v) is 6.65. The summed E-state index contributed by atoms with van der Waals surface area (Å²) in [4.78, 5) is 0. The van der Waals surface area contributed by atoms with Gasteiger partial charge >= 0.3 is 0 Å². The highest BCUT2D eigenvalue weighted by Crippen LogP contribution is 2.42. The SMILES string of the molecule is COc1cc2c(c(C(C)(C)c3ccccc3)c1)OC[N+](C1CCCCC1C)=C2. The smallest absolute Gasteiger partial charge is 0.287 e. The van der Waals surface area contributed by atoms with E-state index in [-0.39, 0.29) is 5.41 Å². The summed E-state index contributed by atoms with van der Waals surface area (Å²) in [6.45, 7) is 7.53. The quantitative estimate of drug-likeness (QED) is 0.666. The van der Waals surface area contributed by atoms with Gasteiger partial charge in [0.15, 0.2) is 12.3 Å². The summed E-state index contributed by atoms with van der Waals surface area (Å²) in [5.41, 5.74) is 3.41. The number of benzene rings is 2. The van der Waals surface area contributed by atoms with Gasteiger partial charge in [0.05, 0.1) is 12.7 Å². The summed E-state index contributed by atoms with van der Waals surface area (Å²) in [6, 6.07) is 15.5. The first-order chi connectivity index (χ1) is 13.5. The Bertz CT molecular complexity index is 870. The first kappa shape index (κ1) is 19.0. The van der Waals surface area contributed by atoms with Crippen LogP contribution in [-0.4, -0.2) is 30.7 Å². The highest BCUT2D eigenvalue weighted by atomic mass is 16.5. The summed E-state index contributed by atoms with van der Waals surface area (Å²) in [7, 11) is 1.74. The second kappa shape index (κ2) is 7.62. The lowest BCUT2D eigenvalue weighted by Crippen LogP contribution is -2.40. The molecule has 3 nitrogen and oxygen atoms in total. The zero-order chi connectivity index (χ0) is 19.7. The van der Waals surface area contributed by atoms with Crippen molar-refractivity contribution >= 4 is 6.21 Å².